The van der Waals surface area contributed by atoms with E-state index in [1.165, 1.54) is 18.7 Å². The second-order valence-electron chi connectivity index (χ2n) is 9.42. The van der Waals surface area contributed by atoms with E-state index in [0.29, 0.717) is 0 Å². The van der Waals surface area contributed by atoms with Gasteiger partial charge in [0.2, 0.25) is 0 Å². The molecule has 4 aliphatic rings. The first-order valence-corrected chi connectivity index (χ1v) is 13.5. The fourth-order valence-corrected chi connectivity index (χ4v) is 6.71. The van der Waals surface area contributed by atoms with E-state index in [1.807, 2.05) is 38.0 Å². The van der Waals surface area contributed by atoms with Crippen molar-refractivity contribution in [3.8, 4) is 0 Å². The molecule has 0 bridgehead atoms. The number of amidine groups is 2. The Morgan fingerprint density at radius 1 is 0.971 bits per heavy atom. The van der Waals surface area contributed by atoms with Crippen LogP contribution in [0.25, 0.3) is 0 Å². The summed E-state index contributed by atoms with van der Waals surface area (Å²) in [5.74, 6) is -0.0770. The van der Waals surface area contributed by atoms with Gasteiger partial charge in [-0.3, -0.25) is 14.8 Å². The Labute approximate surface area is 215 Å². The molecule has 4 rings (SSSR count). The topological polar surface area (TPSA) is 137 Å². The van der Waals surface area contributed by atoms with E-state index in [-0.39, 0.29) is 47.6 Å². The van der Waals surface area contributed by atoms with Crippen LogP contribution >= 0.6 is 23.5 Å². The SMILES string of the molecule is CC[C@H]1O[C@@H]2SC(N(C)C)=N[C@@H]2[C@@H](OC(C)=O)[C@@H]1C.CN(C)C1=N[C@@H]2[C@@H](O)[C@H](O)[C@@H](CO)O[C@@H]2S1. The van der Waals surface area contributed by atoms with Gasteiger partial charge in [0.25, 0.3) is 0 Å². The fraction of sp³-hybridized carbons (Fsp3) is 0.864. The van der Waals surface area contributed by atoms with Crippen LogP contribution in [0.5, 0.6) is 0 Å². The van der Waals surface area contributed by atoms with Crippen molar-refractivity contribution in [2.24, 2.45) is 15.9 Å². The number of hydrogen-bond acceptors (Lipinski definition) is 13. The Kier molecular flexibility index (Phi) is 9.74. The van der Waals surface area contributed by atoms with Gasteiger partial charge in [0.15, 0.2) is 10.3 Å². The first kappa shape index (κ1) is 28.5. The van der Waals surface area contributed by atoms with Gasteiger partial charge in [-0.25, -0.2) is 0 Å². The lowest BCUT2D eigenvalue weighted by molar-refractivity contribution is -0.166. The number of aliphatic hydroxyl groups is 3. The van der Waals surface area contributed by atoms with E-state index in [1.54, 1.807) is 11.8 Å². The van der Waals surface area contributed by atoms with E-state index in [9.17, 15) is 15.0 Å². The molecule has 11 nitrogen and oxygen atoms in total. The molecular formula is C22H38N4O7S2. The summed E-state index contributed by atoms with van der Waals surface area (Å²) in [7, 11) is 7.64. The first-order chi connectivity index (χ1) is 16.5. The van der Waals surface area contributed by atoms with Crippen LogP contribution in [0.4, 0.5) is 0 Å². The maximum atomic E-state index is 11.3. The van der Waals surface area contributed by atoms with Crippen LogP contribution in [0.15, 0.2) is 9.98 Å². The molecule has 13 heteroatoms. The third kappa shape index (κ3) is 6.25. The van der Waals surface area contributed by atoms with Gasteiger partial charge in [-0.1, -0.05) is 37.4 Å². The molecular weight excluding hydrogens is 496 g/mol. The van der Waals surface area contributed by atoms with Crippen LogP contribution < -0.4 is 0 Å². The maximum absolute atomic E-state index is 11.3. The summed E-state index contributed by atoms with van der Waals surface area (Å²) < 4.78 is 17.1. The second-order valence-corrected chi connectivity index (χ2v) is 11.6. The molecule has 200 valence electrons. The Morgan fingerprint density at radius 3 is 1.97 bits per heavy atom. The normalized spacial score (nSPS) is 39.9. The van der Waals surface area contributed by atoms with E-state index >= 15 is 0 Å². The summed E-state index contributed by atoms with van der Waals surface area (Å²) in [6.07, 6.45) is -1.96. The van der Waals surface area contributed by atoms with Crippen LogP contribution in [-0.2, 0) is 19.0 Å². The molecule has 0 unspecified atom stereocenters. The Morgan fingerprint density at radius 2 is 1.49 bits per heavy atom. The monoisotopic (exact) mass is 534 g/mol. The number of carbonyl (C=O) groups is 1. The van der Waals surface area contributed by atoms with Gasteiger partial charge in [-0.2, -0.15) is 0 Å². The van der Waals surface area contributed by atoms with Crippen LogP contribution in [-0.4, -0.2) is 130 Å². The molecule has 0 aromatic rings. The molecule has 4 heterocycles. The third-order valence-electron chi connectivity index (χ3n) is 6.31. The third-order valence-corrected chi connectivity index (χ3v) is 8.92. The Bertz CT molecular complexity index is 815. The van der Waals surface area contributed by atoms with Crippen molar-refractivity contribution in [3.05, 3.63) is 0 Å². The number of ether oxygens (including phenoxy) is 3. The number of carbonyl (C=O) groups excluding carboxylic acids is 1. The molecule has 0 aromatic heterocycles. The van der Waals surface area contributed by atoms with Gasteiger partial charge < -0.3 is 39.3 Å². The van der Waals surface area contributed by atoms with E-state index in [0.717, 1.165) is 16.8 Å². The molecule has 4 aliphatic heterocycles. The number of aliphatic imine (C=N–C) groups is 2. The lowest BCUT2D eigenvalue weighted by atomic mass is 9.88. The summed E-state index contributed by atoms with van der Waals surface area (Å²) in [5, 5.41) is 30.3. The maximum Gasteiger partial charge on any atom is 0.302 e. The highest BCUT2D eigenvalue weighted by atomic mass is 32.2. The molecule has 2 saturated heterocycles. The first-order valence-electron chi connectivity index (χ1n) is 11.8. The summed E-state index contributed by atoms with van der Waals surface area (Å²) in [6.45, 7) is 5.32. The summed E-state index contributed by atoms with van der Waals surface area (Å²) in [4.78, 5) is 24.1. The average molecular weight is 535 g/mol. The van der Waals surface area contributed by atoms with Crippen molar-refractivity contribution < 1.29 is 34.3 Å². The number of thioether (sulfide) groups is 2. The van der Waals surface area contributed by atoms with Gasteiger partial charge in [0.05, 0.1) is 12.7 Å². The van der Waals surface area contributed by atoms with Crippen LogP contribution in [0.1, 0.15) is 27.2 Å². The van der Waals surface area contributed by atoms with E-state index < -0.39 is 24.4 Å². The van der Waals surface area contributed by atoms with Crippen LogP contribution in [0, 0.1) is 5.92 Å². The van der Waals surface area contributed by atoms with Gasteiger partial charge in [0.1, 0.15) is 47.4 Å². The zero-order chi connectivity index (χ0) is 26.0. The number of hydrogen-bond donors (Lipinski definition) is 3. The zero-order valence-electron chi connectivity index (χ0n) is 21.3. The standard InChI is InChI=1S/C13H22N2O3S.C9H16N2O4S/c1-6-9-7(2)11(17-8(3)16)10-12(18-9)19-13(14-10)15(4)5;1-11(2)9-10-5-7(14)6(13)4(3-12)15-8(5)16-9/h7,9-12H,6H2,1-5H3;4-8,12-14H,3H2,1-2H3/t7-,9-,10-,11+,12-;4-,5-,6-,7-,8-/m11/s1. The van der Waals surface area contributed by atoms with E-state index in [2.05, 4.69) is 23.8 Å². The van der Waals surface area contributed by atoms with Crippen molar-refractivity contribution in [2.75, 3.05) is 34.8 Å². The van der Waals surface area contributed by atoms with Gasteiger partial charge in [-0.15, -0.1) is 0 Å². The molecule has 0 saturated carbocycles. The van der Waals surface area contributed by atoms with Gasteiger partial charge in [-0.05, 0) is 6.42 Å². The molecule has 0 aromatic carbocycles. The minimum absolute atomic E-state index is 0.0390. The smallest absolute Gasteiger partial charge is 0.302 e. The molecule has 10 atom stereocenters. The highest BCUT2D eigenvalue weighted by molar-refractivity contribution is 8.14. The molecule has 0 aliphatic carbocycles. The van der Waals surface area contributed by atoms with Crippen molar-refractivity contribution in [2.45, 2.75) is 80.7 Å². The lowest BCUT2D eigenvalue weighted by Crippen LogP contribution is -2.55. The zero-order valence-corrected chi connectivity index (χ0v) is 22.9. The predicted molar refractivity (Wildman–Crippen MR) is 136 cm³/mol. The predicted octanol–water partition coefficient (Wildman–Crippen LogP) is 0.181. The largest absolute Gasteiger partial charge is 0.460 e. The number of fused-ring (bicyclic) bond motifs is 2. The molecule has 3 N–H and O–H groups in total. The number of nitrogens with zero attached hydrogens (tertiary/aromatic N) is 4. The minimum Gasteiger partial charge on any atom is -0.460 e. The Hall–Kier alpha value is -1.09. The van der Waals surface area contributed by atoms with Crippen molar-refractivity contribution in [3.63, 3.8) is 0 Å². The number of aliphatic hydroxyl groups excluding tert-OH is 3. The van der Waals surface area contributed by atoms with Gasteiger partial charge >= 0.3 is 5.97 Å². The van der Waals surface area contributed by atoms with Crippen molar-refractivity contribution in [1.82, 2.24) is 9.80 Å². The summed E-state index contributed by atoms with van der Waals surface area (Å²) >= 11 is 3.02. The van der Waals surface area contributed by atoms with Crippen LogP contribution in [0.2, 0.25) is 0 Å². The minimum atomic E-state index is -1.09. The summed E-state index contributed by atoms with van der Waals surface area (Å²) in [5.41, 5.74) is -0.365. The van der Waals surface area contributed by atoms with Gasteiger partial charge in [0, 0.05) is 41.0 Å². The number of esters is 1. The Balaban J connectivity index is 0.000000198. The molecule has 0 spiro atoms. The second kappa shape index (κ2) is 12.0. The quantitative estimate of drug-likeness (QED) is 0.428. The highest BCUT2D eigenvalue weighted by Crippen LogP contribution is 2.41. The highest BCUT2D eigenvalue weighted by Gasteiger charge is 2.49. The average Bonchev–Trinajstić information content (AvgIpc) is 3.43. The number of rotatable bonds is 3. The molecule has 0 radical (unpaired) electrons. The fourth-order valence-electron chi connectivity index (χ4n) is 4.39. The lowest BCUT2D eigenvalue weighted by Gasteiger charge is -2.40. The van der Waals surface area contributed by atoms with E-state index in [4.69, 9.17) is 19.3 Å². The van der Waals surface area contributed by atoms with Crippen molar-refractivity contribution in [1.29, 1.82) is 0 Å². The summed E-state index contributed by atoms with van der Waals surface area (Å²) in [6, 6.07) is -0.552. The molecule has 35 heavy (non-hydrogen) atoms. The van der Waals surface area contributed by atoms with Crippen molar-refractivity contribution >= 4 is 39.8 Å². The molecule has 2 fully saturated rings. The van der Waals surface area contributed by atoms with Crippen LogP contribution in [0.3, 0.4) is 0 Å². The molecule has 0 amide bonds.